The first-order valence-corrected chi connectivity index (χ1v) is 9.14. The summed E-state index contributed by atoms with van der Waals surface area (Å²) in [5, 5.41) is 3.77. The fraction of sp³-hybridized carbons (Fsp3) is 0.312. The van der Waals surface area contributed by atoms with E-state index in [-0.39, 0.29) is 32.0 Å². The molecule has 23 heavy (non-hydrogen) atoms. The molecule has 0 saturated carbocycles. The van der Waals surface area contributed by atoms with Gasteiger partial charge in [0.15, 0.2) is 0 Å². The van der Waals surface area contributed by atoms with E-state index in [2.05, 4.69) is 16.9 Å². The highest BCUT2D eigenvalue weighted by molar-refractivity contribution is 7.88. The second kappa shape index (κ2) is 7.43. The molecule has 2 N–H and O–H groups in total. The maximum atomic E-state index is 12.0. The molecule has 1 amide bonds. The number of para-hydroxylation sites is 1. The van der Waals surface area contributed by atoms with Gasteiger partial charge in [-0.1, -0.05) is 24.3 Å². The number of nitrogens with zero attached hydrogens (tertiary/aromatic N) is 1. The van der Waals surface area contributed by atoms with E-state index < -0.39 is 10.0 Å². The Bertz CT molecular complexity index is 796. The molecule has 0 aliphatic rings. The van der Waals surface area contributed by atoms with Crippen molar-refractivity contribution in [1.82, 2.24) is 14.6 Å². The topological polar surface area (TPSA) is 82.3 Å². The van der Waals surface area contributed by atoms with Gasteiger partial charge in [0.2, 0.25) is 15.9 Å². The third-order valence-electron chi connectivity index (χ3n) is 3.51. The van der Waals surface area contributed by atoms with Crippen LogP contribution in [0.1, 0.15) is 5.56 Å². The van der Waals surface area contributed by atoms with E-state index in [0.29, 0.717) is 0 Å². The molecule has 0 fully saturated rings. The zero-order valence-electron chi connectivity index (χ0n) is 13.1. The lowest BCUT2D eigenvalue weighted by Gasteiger charge is -2.18. The quantitative estimate of drug-likeness (QED) is 0.713. The van der Waals surface area contributed by atoms with Gasteiger partial charge in [0.25, 0.3) is 0 Å². The van der Waals surface area contributed by atoms with Crippen molar-refractivity contribution in [3.05, 3.63) is 48.7 Å². The molecule has 7 heteroatoms. The predicted molar refractivity (Wildman–Crippen MR) is 91.6 cm³/mol. The second-order valence-corrected chi connectivity index (χ2v) is 7.28. The molecule has 0 spiro atoms. The smallest absolute Gasteiger partial charge is 0.224 e. The lowest BCUT2D eigenvalue weighted by molar-refractivity contribution is -0.120. The highest BCUT2D eigenvalue weighted by Gasteiger charge is 2.15. The molecule has 6 nitrogen and oxygen atoms in total. The minimum atomic E-state index is -3.30. The minimum absolute atomic E-state index is 0.137. The van der Waals surface area contributed by atoms with Crippen molar-refractivity contribution < 1.29 is 13.2 Å². The van der Waals surface area contributed by atoms with Crippen LogP contribution in [0, 0.1) is 0 Å². The molecular weight excluding hydrogens is 314 g/mol. The van der Waals surface area contributed by atoms with E-state index >= 15 is 0 Å². The van der Waals surface area contributed by atoms with Crippen molar-refractivity contribution in [2.45, 2.75) is 6.42 Å². The van der Waals surface area contributed by atoms with Gasteiger partial charge < -0.3 is 10.3 Å². The molecule has 1 aromatic heterocycles. The standard InChI is InChI=1S/C16H21N3O3S/c1-3-9-19(23(2,21)22)10-8-17-16(20)11-13-12-18-15-7-5-4-6-14(13)15/h3-7,12,18H,1,8-11H2,2H3,(H,17,20). The average molecular weight is 335 g/mol. The molecule has 1 heterocycles. The molecule has 0 aliphatic carbocycles. The van der Waals surface area contributed by atoms with E-state index in [9.17, 15) is 13.2 Å². The zero-order valence-corrected chi connectivity index (χ0v) is 13.9. The second-order valence-electron chi connectivity index (χ2n) is 5.30. The minimum Gasteiger partial charge on any atom is -0.361 e. The number of carbonyl (C=O) groups excluding carboxylic acids is 1. The number of aromatic amines is 1. The summed E-state index contributed by atoms with van der Waals surface area (Å²) in [7, 11) is -3.30. The summed E-state index contributed by atoms with van der Waals surface area (Å²) in [6, 6.07) is 7.78. The summed E-state index contributed by atoms with van der Waals surface area (Å²) in [4.78, 5) is 15.2. The molecule has 0 unspecified atom stereocenters. The molecule has 124 valence electrons. The summed E-state index contributed by atoms with van der Waals surface area (Å²) < 4.78 is 24.4. The lowest BCUT2D eigenvalue weighted by atomic mass is 10.1. The van der Waals surface area contributed by atoms with E-state index in [4.69, 9.17) is 0 Å². The van der Waals surface area contributed by atoms with Crippen molar-refractivity contribution in [2.24, 2.45) is 0 Å². The average Bonchev–Trinajstić information content (AvgIpc) is 2.89. The Hall–Kier alpha value is -2.12. The van der Waals surface area contributed by atoms with Crippen molar-refractivity contribution >= 4 is 26.8 Å². The van der Waals surface area contributed by atoms with Crippen molar-refractivity contribution in [3.63, 3.8) is 0 Å². The van der Waals surface area contributed by atoms with Crippen molar-refractivity contribution in [2.75, 3.05) is 25.9 Å². The predicted octanol–water partition coefficient (Wildman–Crippen LogP) is 1.27. The summed E-state index contributed by atoms with van der Waals surface area (Å²) in [6.45, 7) is 4.27. The van der Waals surface area contributed by atoms with Gasteiger partial charge in [0, 0.05) is 36.7 Å². The highest BCUT2D eigenvalue weighted by Crippen LogP contribution is 2.17. The molecule has 0 saturated heterocycles. The van der Waals surface area contributed by atoms with Gasteiger partial charge in [-0.25, -0.2) is 8.42 Å². The Morgan fingerprint density at radius 3 is 2.83 bits per heavy atom. The summed E-state index contributed by atoms with van der Waals surface area (Å²) in [6.07, 6.45) is 4.74. The Kier molecular flexibility index (Phi) is 5.57. The summed E-state index contributed by atoms with van der Waals surface area (Å²) >= 11 is 0. The number of sulfonamides is 1. The molecule has 1 aromatic carbocycles. The third kappa shape index (κ3) is 4.67. The van der Waals surface area contributed by atoms with Crippen LogP contribution >= 0.6 is 0 Å². The Balaban J connectivity index is 1.89. The number of amides is 1. The number of nitrogens with one attached hydrogen (secondary N) is 2. The summed E-state index contributed by atoms with van der Waals surface area (Å²) in [5.41, 5.74) is 1.91. The zero-order chi connectivity index (χ0) is 16.9. The van der Waals surface area contributed by atoms with Gasteiger partial charge in [0.1, 0.15) is 0 Å². The van der Waals surface area contributed by atoms with Gasteiger partial charge >= 0.3 is 0 Å². The molecule has 0 bridgehead atoms. The molecule has 2 rings (SSSR count). The van der Waals surface area contributed by atoms with Crippen LogP contribution < -0.4 is 5.32 Å². The van der Waals surface area contributed by atoms with Crippen LogP contribution in [0.25, 0.3) is 10.9 Å². The summed E-state index contributed by atoms with van der Waals surface area (Å²) in [5.74, 6) is -0.137. The molecule has 2 aromatic rings. The fourth-order valence-corrected chi connectivity index (χ4v) is 3.17. The number of aromatic nitrogens is 1. The lowest BCUT2D eigenvalue weighted by Crippen LogP contribution is -2.38. The maximum absolute atomic E-state index is 12.0. The van der Waals surface area contributed by atoms with Crippen LogP contribution in [0.4, 0.5) is 0 Å². The number of hydrogen-bond acceptors (Lipinski definition) is 3. The Morgan fingerprint density at radius 2 is 2.13 bits per heavy atom. The van der Waals surface area contributed by atoms with Crippen LogP contribution in [0.15, 0.2) is 43.1 Å². The SMILES string of the molecule is C=CCN(CCNC(=O)Cc1c[nH]c2ccccc12)S(C)(=O)=O. The van der Waals surface area contributed by atoms with Crippen LogP contribution in [0.5, 0.6) is 0 Å². The number of H-pyrrole nitrogens is 1. The first kappa shape index (κ1) is 17.2. The molecule has 0 radical (unpaired) electrons. The molecule has 0 atom stereocenters. The maximum Gasteiger partial charge on any atom is 0.224 e. The normalized spacial score (nSPS) is 11.7. The van der Waals surface area contributed by atoms with E-state index in [1.807, 2.05) is 30.5 Å². The Labute approximate surface area is 136 Å². The van der Waals surface area contributed by atoms with Crippen molar-refractivity contribution in [1.29, 1.82) is 0 Å². The fourth-order valence-electron chi connectivity index (χ4n) is 2.37. The van der Waals surface area contributed by atoms with Gasteiger partial charge in [-0.05, 0) is 11.6 Å². The van der Waals surface area contributed by atoms with E-state index in [1.54, 1.807) is 0 Å². The van der Waals surface area contributed by atoms with E-state index in [1.165, 1.54) is 10.4 Å². The van der Waals surface area contributed by atoms with Crippen molar-refractivity contribution in [3.8, 4) is 0 Å². The molecule has 0 aliphatic heterocycles. The van der Waals surface area contributed by atoms with Crippen LogP contribution in [-0.2, 0) is 21.2 Å². The number of hydrogen-bond donors (Lipinski definition) is 2. The number of carbonyl (C=O) groups is 1. The van der Waals surface area contributed by atoms with Gasteiger partial charge in [-0.3, -0.25) is 4.79 Å². The first-order chi connectivity index (χ1) is 10.9. The largest absolute Gasteiger partial charge is 0.361 e. The van der Waals surface area contributed by atoms with Crippen LogP contribution in [-0.4, -0.2) is 49.5 Å². The monoisotopic (exact) mass is 335 g/mol. The van der Waals surface area contributed by atoms with Crippen LogP contribution in [0.2, 0.25) is 0 Å². The molecular formula is C16H21N3O3S. The first-order valence-electron chi connectivity index (χ1n) is 7.29. The highest BCUT2D eigenvalue weighted by atomic mass is 32.2. The number of rotatable bonds is 8. The number of fused-ring (bicyclic) bond motifs is 1. The number of benzene rings is 1. The Morgan fingerprint density at radius 1 is 1.39 bits per heavy atom. The van der Waals surface area contributed by atoms with Crippen LogP contribution in [0.3, 0.4) is 0 Å². The third-order valence-corrected chi connectivity index (χ3v) is 4.78. The van der Waals surface area contributed by atoms with Gasteiger partial charge in [-0.2, -0.15) is 4.31 Å². The van der Waals surface area contributed by atoms with E-state index in [0.717, 1.165) is 22.7 Å². The van der Waals surface area contributed by atoms with Gasteiger partial charge in [0.05, 0.1) is 12.7 Å². The van der Waals surface area contributed by atoms with Gasteiger partial charge in [-0.15, -0.1) is 6.58 Å².